The molecular formula is C28H29BrN2O5S. The van der Waals surface area contributed by atoms with Crippen molar-refractivity contribution in [1.82, 2.24) is 4.57 Å². The number of aromatic nitrogens is 1. The Morgan fingerprint density at radius 3 is 2.54 bits per heavy atom. The minimum absolute atomic E-state index is 0.0241. The fourth-order valence-electron chi connectivity index (χ4n) is 4.15. The molecule has 0 amide bonds. The summed E-state index contributed by atoms with van der Waals surface area (Å²) >= 11 is 4.79. The van der Waals surface area contributed by atoms with Gasteiger partial charge in [-0.2, -0.15) is 0 Å². The number of halogens is 1. The van der Waals surface area contributed by atoms with E-state index >= 15 is 0 Å². The van der Waals surface area contributed by atoms with E-state index in [4.69, 9.17) is 14.2 Å². The Morgan fingerprint density at radius 1 is 1.16 bits per heavy atom. The van der Waals surface area contributed by atoms with Gasteiger partial charge in [-0.1, -0.05) is 39.4 Å². The Kier molecular flexibility index (Phi) is 8.34. The zero-order valence-electron chi connectivity index (χ0n) is 21.4. The number of nitrogens with zero attached hydrogens (tertiary/aromatic N) is 2. The normalized spacial score (nSPS) is 15.4. The van der Waals surface area contributed by atoms with E-state index in [9.17, 15) is 9.59 Å². The third kappa shape index (κ3) is 5.72. The quantitative estimate of drug-likeness (QED) is 0.357. The lowest BCUT2D eigenvalue weighted by molar-refractivity contribution is -0.139. The molecule has 194 valence electrons. The molecule has 0 radical (unpaired) electrons. The van der Waals surface area contributed by atoms with Crippen LogP contribution in [0, 0.1) is 0 Å². The van der Waals surface area contributed by atoms with Crippen molar-refractivity contribution in [2.24, 2.45) is 4.99 Å². The number of rotatable bonds is 8. The van der Waals surface area contributed by atoms with Gasteiger partial charge in [-0.3, -0.25) is 9.36 Å². The average molecular weight is 586 g/mol. The van der Waals surface area contributed by atoms with E-state index in [-0.39, 0.29) is 18.3 Å². The first-order valence-electron chi connectivity index (χ1n) is 12.1. The summed E-state index contributed by atoms with van der Waals surface area (Å²) in [4.78, 5) is 32.1. The van der Waals surface area contributed by atoms with Crippen LogP contribution in [0.3, 0.4) is 0 Å². The third-order valence-electron chi connectivity index (χ3n) is 5.64. The van der Waals surface area contributed by atoms with Gasteiger partial charge in [-0.05, 0) is 76.6 Å². The van der Waals surface area contributed by atoms with E-state index in [1.807, 2.05) is 69.3 Å². The number of allylic oxidation sites excluding steroid dienone is 1. The predicted octanol–water partition coefficient (Wildman–Crippen LogP) is 4.75. The summed E-state index contributed by atoms with van der Waals surface area (Å²) < 4.78 is 19.9. The molecule has 0 saturated carbocycles. The molecule has 3 aromatic rings. The van der Waals surface area contributed by atoms with Crippen LogP contribution in [0.2, 0.25) is 0 Å². The summed E-state index contributed by atoms with van der Waals surface area (Å²) in [5, 5.41) is 0. The van der Waals surface area contributed by atoms with Crippen molar-refractivity contribution in [1.29, 1.82) is 0 Å². The molecule has 0 fully saturated rings. The first-order chi connectivity index (χ1) is 17.7. The van der Waals surface area contributed by atoms with Crippen LogP contribution in [0.25, 0.3) is 6.08 Å². The van der Waals surface area contributed by atoms with Gasteiger partial charge in [0, 0.05) is 10.0 Å². The van der Waals surface area contributed by atoms with E-state index < -0.39 is 12.0 Å². The van der Waals surface area contributed by atoms with Crippen LogP contribution in [0.15, 0.2) is 68.0 Å². The Hall–Kier alpha value is -3.17. The molecule has 2 heterocycles. The number of hydrogen-bond donors (Lipinski definition) is 0. The van der Waals surface area contributed by atoms with Gasteiger partial charge in [0.1, 0.15) is 11.5 Å². The van der Waals surface area contributed by atoms with Crippen LogP contribution in [0.4, 0.5) is 0 Å². The number of carbonyl (C=O) groups is 1. The number of esters is 1. The van der Waals surface area contributed by atoms with E-state index in [1.54, 1.807) is 18.4 Å². The van der Waals surface area contributed by atoms with Gasteiger partial charge in [-0.15, -0.1) is 0 Å². The number of carbonyl (C=O) groups excluding carboxylic acids is 1. The van der Waals surface area contributed by atoms with Crippen LogP contribution in [-0.2, 0) is 9.53 Å². The Labute approximate surface area is 227 Å². The summed E-state index contributed by atoms with van der Waals surface area (Å²) in [6.45, 7) is 10.1. The molecular weight excluding hydrogens is 556 g/mol. The highest BCUT2D eigenvalue weighted by atomic mass is 79.9. The summed E-state index contributed by atoms with van der Waals surface area (Å²) in [5.74, 6) is 0.899. The number of hydrogen-bond acceptors (Lipinski definition) is 7. The highest BCUT2D eigenvalue weighted by molar-refractivity contribution is 9.10. The van der Waals surface area contributed by atoms with Gasteiger partial charge in [0.15, 0.2) is 4.80 Å². The predicted molar refractivity (Wildman–Crippen MR) is 148 cm³/mol. The maximum Gasteiger partial charge on any atom is 0.338 e. The Morgan fingerprint density at radius 2 is 1.89 bits per heavy atom. The molecule has 1 aromatic heterocycles. The largest absolute Gasteiger partial charge is 0.494 e. The Balaban J connectivity index is 1.92. The van der Waals surface area contributed by atoms with Gasteiger partial charge in [-0.25, -0.2) is 9.79 Å². The van der Waals surface area contributed by atoms with Crippen molar-refractivity contribution in [2.75, 3.05) is 13.2 Å². The first kappa shape index (κ1) is 26.9. The fraction of sp³-hybridized carbons (Fsp3) is 0.321. The second-order valence-electron chi connectivity index (χ2n) is 8.65. The van der Waals surface area contributed by atoms with Crippen molar-refractivity contribution in [3.63, 3.8) is 0 Å². The second-order valence-corrected chi connectivity index (χ2v) is 10.6. The summed E-state index contributed by atoms with van der Waals surface area (Å²) in [7, 11) is 0. The van der Waals surface area contributed by atoms with Gasteiger partial charge in [0.2, 0.25) is 0 Å². The minimum Gasteiger partial charge on any atom is -0.494 e. The average Bonchev–Trinajstić information content (AvgIpc) is 3.15. The smallest absolute Gasteiger partial charge is 0.338 e. The second kappa shape index (κ2) is 11.5. The zero-order chi connectivity index (χ0) is 26.7. The topological polar surface area (TPSA) is 79.1 Å². The lowest BCUT2D eigenvalue weighted by Gasteiger charge is -2.24. The van der Waals surface area contributed by atoms with Crippen LogP contribution in [0.1, 0.15) is 51.8 Å². The maximum absolute atomic E-state index is 13.9. The third-order valence-corrected chi connectivity index (χ3v) is 7.12. The SMILES string of the molecule is CCOC(=O)C1=C(C)N=c2s/c(=C\c3cc(Br)ccc3OC(C)C)c(=O)n2[C@@H]1c1ccc(OCC)cc1. The number of thiazole rings is 1. The molecule has 0 N–H and O–H groups in total. The molecule has 37 heavy (non-hydrogen) atoms. The number of benzene rings is 2. The number of fused-ring (bicyclic) bond motifs is 1. The molecule has 0 saturated heterocycles. The van der Waals surface area contributed by atoms with Gasteiger partial charge >= 0.3 is 5.97 Å². The summed E-state index contributed by atoms with van der Waals surface area (Å²) in [5.41, 5.74) is 2.16. The molecule has 7 nitrogen and oxygen atoms in total. The standard InChI is InChI=1S/C28H29BrN2O5S/c1-6-34-21-11-8-18(9-12-21)25-24(27(33)35-7-2)17(5)30-28-31(25)26(32)23(37-28)15-19-14-20(29)10-13-22(19)36-16(3)4/h8-16,25H,6-7H2,1-5H3/b23-15-/t25-/m1/s1. The lowest BCUT2D eigenvalue weighted by atomic mass is 9.96. The van der Waals surface area contributed by atoms with Crippen molar-refractivity contribution in [3.8, 4) is 11.5 Å². The highest BCUT2D eigenvalue weighted by Gasteiger charge is 2.33. The maximum atomic E-state index is 13.9. The van der Waals surface area contributed by atoms with Crippen LogP contribution >= 0.6 is 27.3 Å². The Bertz CT molecular complexity index is 1520. The molecule has 0 unspecified atom stereocenters. The van der Waals surface area contributed by atoms with E-state index in [1.165, 1.54) is 11.3 Å². The summed E-state index contributed by atoms with van der Waals surface area (Å²) in [6, 6.07) is 12.4. The molecule has 9 heteroatoms. The number of ether oxygens (including phenoxy) is 3. The van der Waals surface area contributed by atoms with Crippen molar-refractivity contribution in [2.45, 2.75) is 46.8 Å². The molecule has 0 bridgehead atoms. The van der Waals surface area contributed by atoms with Crippen molar-refractivity contribution in [3.05, 3.63) is 89.0 Å². The van der Waals surface area contributed by atoms with Gasteiger partial charge in [0.25, 0.3) is 5.56 Å². The molecule has 1 aliphatic rings. The molecule has 0 spiro atoms. The monoisotopic (exact) mass is 584 g/mol. The molecule has 1 atom stereocenters. The first-order valence-corrected chi connectivity index (χ1v) is 13.7. The lowest BCUT2D eigenvalue weighted by Crippen LogP contribution is -2.39. The minimum atomic E-state index is -0.679. The molecule has 1 aliphatic heterocycles. The van der Waals surface area contributed by atoms with Crippen LogP contribution in [-0.4, -0.2) is 29.9 Å². The van der Waals surface area contributed by atoms with Gasteiger partial charge in [0.05, 0.1) is 41.2 Å². The van der Waals surface area contributed by atoms with Crippen LogP contribution < -0.4 is 24.4 Å². The molecule has 0 aliphatic carbocycles. The van der Waals surface area contributed by atoms with E-state index in [0.29, 0.717) is 38.7 Å². The highest BCUT2D eigenvalue weighted by Crippen LogP contribution is 2.32. The zero-order valence-corrected chi connectivity index (χ0v) is 23.8. The van der Waals surface area contributed by atoms with Crippen LogP contribution in [0.5, 0.6) is 11.5 Å². The molecule has 2 aromatic carbocycles. The summed E-state index contributed by atoms with van der Waals surface area (Å²) in [6.07, 6.45) is 1.79. The molecule has 4 rings (SSSR count). The van der Waals surface area contributed by atoms with Gasteiger partial charge < -0.3 is 14.2 Å². The fourth-order valence-corrected chi connectivity index (χ4v) is 5.57. The van der Waals surface area contributed by atoms with E-state index in [2.05, 4.69) is 20.9 Å². The van der Waals surface area contributed by atoms with E-state index in [0.717, 1.165) is 15.6 Å². The van der Waals surface area contributed by atoms with Crippen molar-refractivity contribution >= 4 is 39.3 Å². The van der Waals surface area contributed by atoms with Crippen molar-refractivity contribution < 1.29 is 19.0 Å².